The molecule has 8 heteroatoms. The lowest BCUT2D eigenvalue weighted by molar-refractivity contribution is -0.567. The maximum absolute atomic E-state index is 9.82. The molecular weight excluding hydrogens is 392 g/mol. The molecule has 0 saturated carbocycles. The van der Waals surface area contributed by atoms with E-state index >= 15 is 0 Å². The monoisotopic (exact) mass is 422 g/mol. The number of benzene rings is 2. The highest BCUT2D eigenvalue weighted by Crippen LogP contribution is 2.28. The van der Waals surface area contributed by atoms with Crippen LogP contribution in [0.5, 0.6) is 11.5 Å². The zero-order valence-electron chi connectivity index (χ0n) is 17.3. The number of para-hydroxylation sites is 2. The average molecular weight is 422 g/mol. The summed E-state index contributed by atoms with van der Waals surface area (Å²) in [7, 11) is 0. The molecule has 2 atom stereocenters. The van der Waals surface area contributed by atoms with Gasteiger partial charge in [0.15, 0.2) is 0 Å². The first-order valence-electron chi connectivity index (χ1n) is 9.86. The summed E-state index contributed by atoms with van der Waals surface area (Å²) in [6.45, 7) is 2.97. The first-order chi connectivity index (χ1) is 14.3. The van der Waals surface area contributed by atoms with E-state index in [9.17, 15) is 20.7 Å². The number of aromatic hydroxyl groups is 2. The largest absolute Gasteiger partial charge is 0.508 e. The lowest BCUT2D eigenvalue weighted by Gasteiger charge is -2.31. The van der Waals surface area contributed by atoms with Gasteiger partial charge in [-0.1, -0.05) is 36.4 Å². The van der Waals surface area contributed by atoms with E-state index in [0.29, 0.717) is 25.7 Å². The van der Waals surface area contributed by atoms with Crippen LogP contribution in [0.2, 0.25) is 0 Å². The Bertz CT molecular complexity index is 718. The van der Waals surface area contributed by atoms with E-state index in [1.54, 1.807) is 24.3 Å². The highest BCUT2D eigenvalue weighted by atomic mass is 17.3. The molecule has 0 saturated heterocycles. The van der Waals surface area contributed by atoms with Crippen molar-refractivity contribution in [3.63, 3.8) is 0 Å². The van der Waals surface area contributed by atoms with Gasteiger partial charge in [0.25, 0.3) is 0 Å². The van der Waals surface area contributed by atoms with Gasteiger partial charge in [0, 0.05) is 12.8 Å². The lowest BCUT2D eigenvalue weighted by Crippen LogP contribution is -2.39. The summed E-state index contributed by atoms with van der Waals surface area (Å²) in [5.41, 5.74) is 1.54. The van der Waals surface area contributed by atoms with Gasteiger partial charge in [-0.05, 0) is 62.8 Å². The topological polar surface area (TPSA) is 118 Å². The summed E-state index contributed by atoms with van der Waals surface area (Å²) < 4.78 is 0. The van der Waals surface area contributed by atoms with Crippen molar-refractivity contribution >= 4 is 0 Å². The van der Waals surface area contributed by atoms with Crippen LogP contribution >= 0.6 is 0 Å². The SMILES string of the molecule is CC(CCCc1ccccc1O)(OO)OOC(C)(CCCc1ccccc1O)OO. The fourth-order valence-corrected chi connectivity index (χ4v) is 3.03. The molecule has 166 valence electrons. The molecule has 0 aliphatic rings. The first kappa shape index (κ1) is 24.1. The van der Waals surface area contributed by atoms with Crippen LogP contribution in [0, 0.1) is 0 Å². The number of hydrogen-bond donors (Lipinski definition) is 4. The third-order valence-electron chi connectivity index (χ3n) is 4.92. The molecule has 0 spiro atoms. The fourth-order valence-electron chi connectivity index (χ4n) is 3.03. The molecule has 2 rings (SSSR count). The van der Waals surface area contributed by atoms with E-state index in [-0.39, 0.29) is 24.3 Å². The Morgan fingerprint density at radius 2 is 1.03 bits per heavy atom. The normalized spacial score (nSPS) is 15.5. The molecule has 0 aromatic heterocycles. The summed E-state index contributed by atoms with van der Waals surface area (Å²) in [4.78, 5) is 19.4. The second-order valence-corrected chi connectivity index (χ2v) is 7.58. The van der Waals surface area contributed by atoms with E-state index in [1.807, 2.05) is 24.3 Å². The molecule has 2 aromatic rings. The molecule has 0 fully saturated rings. The maximum atomic E-state index is 9.82. The van der Waals surface area contributed by atoms with Crippen molar-refractivity contribution in [3.05, 3.63) is 59.7 Å². The molecule has 4 N–H and O–H groups in total. The van der Waals surface area contributed by atoms with Gasteiger partial charge in [-0.25, -0.2) is 20.3 Å². The van der Waals surface area contributed by atoms with Crippen molar-refractivity contribution in [3.8, 4) is 11.5 Å². The fraction of sp³-hybridized carbons (Fsp3) is 0.455. The maximum Gasteiger partial charge on any atom is 0.231 e. The predicted octanol–water partition coefficient (Wildman–Crippen LogP) is 4.80. The van der Waals surface area contributed by atoms with Gasteiger partial charge in [-0.15, -0.1) is 0 Å². The van der Waals surface area contributed by atoms with Gasteiger partial charge in [0.2, 0.25) is 11.6 Å². The standard InChI is InChI=1S/C22H30O8/c1-21(27-25,15-7-11-17-9-3-5-13-19(17)23)29-30-22(2,28-26)16-8-12-18-10-4-6-14-20(18)24/h3-6,9-10,13-14,23-26H,7-8,11-12,15-16H2,1-2H3. The minimum atomic E-state index is -1.50. The van der Waals surface area contributed by atoms with Crippen molar-refractivity contribution in [1.82, 2.24) is 0 Å². The molecule has 0 amide bonds. The van der Waals surface area contributed by atoms with Crippen molar-refractivity contribution in [2.24, 2.45) is 0 Å². The summed E-state index contributed by atoms with van der Waals surface area (Å²) in [6.07, 6.45) is 2.64. The van der Waals surface area contributed by atoms with Gasteiger partial charge in [0.05, 0.1) is 0 Å². The summed E-state index contributed by atoms with van der Waals surface area (Å²) in [5.74, 6) is -2.59. The third-order valence-corrected chi connectivity index (χ3v) is 4.92. The van der Waals surface area contributed by atoms with Gasteiger partial charge in [0.1, 0.15) is 11.5 Å². The average Bonchev–Trinajstić information content (AvgIpc) is 2.75. The van der Waals surface area contributed by atoms with Crippen molar-refractivity contribution in [1.29, 1.82) is 0 Å². The highest BCUT2D eigenvalue weighted by molar-refractivity contribution is 5.32. The molecule has 2 unspecified atom stereocenters. The van der Waals surface area contributed by atoms with Gasteiger partial charge < -0.3 is 10.2 Å². The summed E-state index contributed by atoms with van der Waals surface area (Å²) >= 11 is 0. The Morgan fingerprint density at radius 1 is 0.667 bits per heavy atom. The molecule has 2 aromatic carbocycles. The second-order valence-electron chi connectivity index (χ2n) is 7.58. The number of phenolic OH excluding ortho intramolecular Hbond substituents is 2. The van der Waals surface area contributed by atoms with Crippen LogP contribution in [-0.4, -0.2) is 32.3 Å². The van der Waals surface area contributed by atoms with Crippen LogP contribution in [0.4, 0.5) is 0 Å². The Labute approximate surface area is 176 Å². The Kier molecular flexibility index (Phi) is 9.04. The highest BCUT2D eigenvalue weighted by Gasteiger charge is 2.35. The molecule has 0 aliphatic heterocycles. The van der Waals surface area contributed by atoms with Gasteiger partial charge in [-0.3, -0.25) is 0 Å². The van der Waals surface area contributed by atoms with Crippen LogP contribution in [0.1, 0.15) is 50.7 Å². The summed E-state index contributed by atoms with van der Waals surface area (Å²) in [6, 6.07) is 14.0. The Hall–Kier alpha value is -2.20. The molecule has 0 radical (unpaired) electrons. The van der Waals surface area contributed by atoms with E-state index in [4.69, 9.17) is 9.78 Å². The molecule has 0 aliphatic carbocycles. The quantitative estimate of drug-likeness (QED) is 0.206. The molecular formula is C22H30O8. The lowest BCUT2D eigenvalue weighted by atomic mass is 10.0. The molecule has 8 nitrogen and oxygen atoms in total. The van der Waals surface area contributed by atoms with Crippen molar-refractivity contribution < 1.29 is 40.3 Å². The number of phenols is 2. The minimum Gasteiger partial charge on any atom is -0.508 e. The van der Waals surface area contributed by atoms with E-state index < -0.39 is 11.6 Å². The van der Waals surface area contributed by atoms with Crippen LogP contribution < -0.4 is 0 Å². The zero-order chi connectivity index (χ0) is 22.0. The van der Waals surface area contributed by atoms with Crippen molar-refractivity contribution in [2.75, 3.05) is 0 Å². The zero-order valence-corrected chi connectivity index (χ0v) is 17.3. The number of hydrogen-bond acceptors (Lipinski definition) is 8. The number of aryl methyl sites for hydroxylation is 2. The third kappa shape index (κ3) is 7.24. The second kappa shape index (κ2) is 11.3. The summed E-state index contributed by atoms with van der Waals surface area (Å²) in [5, 5.41) is 38.2. The van der Waals surface area contributed by atoms with Crippen LogP contribution in [-0.2, 0) is 32.4 Å². The van der Waals surface area contributed by atoms with E-state index in [1.165, 1.54) is 13.8 Å². The van der Waals surface area contributed by atoms with E-state index in [0.717, 1.165) is 11.1 Å². The minimum absolute atomic E-state index is 0.201. The number of rotatable bonds is 13. The van der Waals surface area contributed by atoms with Crippen molar-refractivity contribution in [2.45, 2.75) is 63.9 Å². The molecule has 30 heavy (non-hydrogen) atoms. The molecule has 0 heterocycles. The predicted molar refractivity (Wildman–Crippen MR) is 108 cm³/mol. The van der Waals surface area contributed by atoms with Crippen LogP contribution in [0.15, 0.2) is 48.5 Å². The Balaban J connectivity index is 1.83. The van der Waals surface area contributed by atoms with Gasteiger partial charge >= 0.3 is 0 Å². The van der Waals surface area contributed by atoms with Gasteiger partial charge in [-0.2, -0.15) is 9.78 Å². The Morgan fingerprint density at radius 3 is 1.37 bits per heavy atom. The van der Waals surface area contributed by atoms with Crippen LogP contribution in [0.25, 0.3) is 0 Å². The first-order valence-corrected chi connectivity index (χ1v) is 9.86. The smallest absolute Gasteiger partial charge is 0.231 e. The molecule has 0 bridgehead atoms. The van der Waals surface area contributed by atoms with Crippen LogP contribution in [0.3, 0.4) is 0 Å². The van der Waals surface area contributed by atoms with E-state index in [2.05, 4.69) is 9.78 Å².